The number of nitrogens with one attached hydrogen (secondary N) is 1. The third-order valence-corrected chi connectivity index (χ3v) is 3.83. The number of benzene rings is 1. The van der Waals surface area contributed by atoms with Crippen molar-refractivity contribution in [1.29, 1.82) is 0 Å². The summed E-state index contributed by atoms with van der Waals surface area (Å²) in [7, 11) is 3.83. The molecule has 0 bridgehead atoms. The highest BCUT2D eigenvalue weighted by molar-refractivity contribution is 5.25. The molecule has 0 aliphatic rings. The van der Waals surface area contributed by atoms with Gasteiger partial charge in [-0.1, -0.05) is 44.2 Å². The monoisotopic (exact) mass is 249 g/mol. The van der Waals surface area contributed by atoms with Gasteiger partial charge >= 0.3 is 0 Å². The molecule has 1 atom stereocenters. The minimum Gasteiger partial charge on any atom is -0.385 e. The SMILES string of the molecule is CNC(CCCCOC)C(C)(C)c1ccccc1. The van der Waals surface area contributed by atoms with Gasteiger partial charge in [0.1, 0.15) is 0 Å². The molecular weight excluding hydrogens is 222 g/mol. The van der Waals surface area contributed by atoms with E-state index >= 15 is 0 Å². The largest absolute Gasteiger partial charge is 0.385 e. The van der Waals surface area contributed by atoms with E-state index in [1.807, 2.05) is 0 Å². The van der Waals surface area contributed by atoms with Crippen molar-refractivity contribution >= 4 is 0 Å². The molecule has 1 aromatic carbocycles. The molecule has 0 aliphatic heterocycles. The highest BCUT2D eigenvalue weighted by Gasteiger charge is 2.29. The molecule has 0 radical (unpaired) electrons. The molecule has 18 heavy (non-hydrogen) atoms. The van der Waals surface area contributed by atoms with Gasteiger partial charge in [-0.25, -0.2) is 0 Å². The first-order valence-corrected chi connectivity index (χ1v) is 6.84. The van der Waals surface area contributed by atoms with Gasteiger partial charge in [-0.05, 0) is 31.9 Å². The number of ether oxygens (including phenoxy) is 1. The fraction of sp³-hybridized carbons (Fsp3) is 0.625. The lowest BCUT2D eigenvalue weighted by atomic mass is 9.76. The van der Waals surface area contributed by atoms with Crippen LogP contribution in [-0.2, 0) is 10.2 Å². The van der Waals surface area contributed by atoms with Crippen LogP contribution in [0.5, 0.6) is 0 Å². The summed E-state index contributed by atoms with van der Waals surface area (Å²) in [6.07, 6.45) is 3.52. The summed E-state index contributed by atoms with van der Waals surface area (Å²) in [5.41, 5.74) is 1.55. The van der Waals surface area contributed by atoms with Crippen LogP contribution < -0.4 is 5.32 Å². The molecule has 1 rings (SSSR count). The second-order valence-electron chi connectivity index (χ2n) is 5.42. The molecule has 0 spiro atoms. The molecular formula is C16H27NO. The van der Waals surface area contributed by atoms with Crippen molar-refractivity contribution in [3.8, 4) is 0 Å². The number of rotatable bonds is 8. The van der Waals surface area contributed by atoms with Crippen LogP contribution in [0.1, 0.15) is 38.7 Å². The average molecular weight is 249 g/mol. The van der Waals surface area contributed by atoms with Gasteiger partial charge in [0.15, 0.2) is 0 Å². The molecule has 0 heterocycles. The van der Waals surface area contributed by atoms with Gasteiger partial charge in [-0.15, -0.1) is 0 Å². The van der Waals surface area contributed by atoms with Gasteiger partial charge in [0.2, 0.25) is 0 Å². The first kappa shape index (κ1) is 15.2. The third kappa shape index (κ3) is 4.11. The van der Waals surface area contributed by atoms with E-state index in [-0.39, 0.29) is 5.41 Å². The lowest BCUT2D eigenvalue weighted by Crippen LogP contribution is -2.43. The zero-order valence-corrected chi connectivity index (χ0v) is 12.2. The maximum absolute atomic E-state index is 5.11. The first-order valence-electron chi connectivity index (χ1n) is 6.84. The minimum atomic E-state index is 0.156. The molecule has 2 nitrogen and oxygen atoms in total. The van der Waals surface area contributed by atoms with Gasteiger partial charge < -0.3 is 10.1 Å². The third-order valence-electron chi connectivity index (χ3n) is 3.83. The van der Waals surface area contributed by atoms with Crippen molar-refractivity contribution in [2.24, 2.45) is 0 Å². The van der Waals surface area contributed by atoms with Crippen molar-refractivity contribution in [3.05, 3.63) is 35.9 Å². The normalized spacial score (nSPS) is 13.6. The van der Waals surface area contributed by atoms with Crippen molar-refractivity contribution < 1.29 is 4.74 Å². The standard InChI is InChI=1S/C16H27NO/c1-16(2,14-10-6-5-7-11-14)15(17-3)12-8-9-13-18-4/h5-7,10-11,15,17H,8-9,12-13H2,1-4H3. The van der Waals surface area contributed by atoms with E-state index in [4.69, 9.17) is 4.74 Å². The summed E-state index contributed by atoms with van der Waals surface area (Å²) < 4.78 is 5.11. The molecule has 2 heteroatoms. The van der Waals surface area contributed by atoms with Gasteiger partial charge in [0.25, 0.3) is 0 Å². The van der Waals surface area contributed by atoms with Crippen molar-refractivity contribution in [1.82, 2.24) is 5.32 Å². The lowest BCUT2D eigenvalue weighted by Gasteiger charge is -2.35. The van der Waals surface area contributed by atoms with Crippen LogP contribution in [0.25, 0.3) is 0 Å². The van der Waals surface area contributed by atoms with Gasteiger partial charge in [0.05, 0.1) is 0 Å². The summed E-state index contributed by atoms with van der Waals surface area (Å²) in [6, 6.07) is 11.3. The summed E-state index contributed by atoms with van der Waals surface area (Å²) in [5, 5.41) is 3.48. The Kier molecular flexibility index (Phi) is 6.37. The van der Waals surface area contributed by atoms with E-state index in [0.29, 0.717) is 6.04 Å². The quantitative estimate of drug-likeness (QED) is 0.713. The summed E-state index contributed by atoms with van der Waals surface area (Å²) in [4.78, 5) is 0. The molecule has 0 amide bonds. The maximum atomic E-state index is 5.11. The Labute approximate surface area is 112 Å². The van der Waals surface area contributed by atoms with Crippen LogP contribution in [0.15, 0.2) is 30.3 Å². The zero-order valence-electron chi connectivity index (χ0n) is 12.2. The predicted octanol–water partition coefficient (Wildman–Crippen LogP) is 3.37. The molecule has 0 saturated heterocycles. The molecule has 1 N–H and O–H groups in total. The highest BCUT2D eigenvalue weighted by Crippen LogP contribution is 2.29. The maximum Gasteiger partial charge on any atom is 0.0462 e. The first-order chi connectivity index (χ1) is 8.62. The fourth-order valence-electron chi connectivity index (χ4n) is 2.53. The Morgan fingerprint density at radius 1 is 1.17 bits per heavy atom. The van der Waals surface area contributed by atoms with E-state index in [0.717, 1.165) is 13.0 Å². The Balaban J connectivity index is 2.62. The van der Waals surface area contributed by atoms with Gasteiger partial charge in [-0.3, -0.25) is 0 Å². The van der Waals surface area contributed by atoms with Crippen molar-refractivity contribution in [2.45, 2.75) is 44.6 Å². The summed E-state index contributed by atoms with van der Waals surface area (Å²) in [5.74, 6) is 0. The minimum absolute atomic E-state index is 0.156. The van der Waals surface area contributed by atoms with Crippen LogP contribution in [0.3, 0.4) is 0 Å². The van der Waals surface area contributed by atoms with E-state index in [9.17, 15) is 0 Å². The van der Waals surface area contributed by atoms with E-state index < -0.39 is 0 Å². The van der Waals surface area contributed by atoms with E-state index in [1.165, 1.54) is 18.4 Å². The van der Waals surface area contributed by atoms with Crippen LogP contribution in [0.4, 0.5) is 0 Å². The summed E-state index contributed by atoms with van der Waals surface area (Å²) >= 11 is 0. The van der Waals surface area contributed by atoms with E-state index in [1.54, 1.807) is 7.11 Å². The Bertz CT molecular complexity index is 321. The fourth-order valence-corrected chi connectivity index (χ4v) is 2.53. The van der Waals surface area contributed by atoms with Crippen LogP contribution >= 0.6 is 0 Å². The number of methoxy groups -OCH3 is 1. The smallest absolute Gasteiger partial charge is 0.0462 e. The second-order valence-corrected chi connectivity index (χ2v) is 5.42. The molecule has 1 aromatic rings. The van der Waals surface area contributed by atoms with Crippen molar-refractivity contribution in [3.63, 3.8) is 0 Å². The van der Waals surface area contributed by atoms with Crippen LogP contribution in [-0.4, -0.2) is 26.8 Å². The van der Waals surface area contributed by atoms with E-state index in [2.05, 4.69) is 56.5 Å². The van der Waals surface area contributed by atoms with Gasteiger partial charge in [-0.2, -0.15) is 0 Å². The van der Waals surface area contributed by atoms with Crippen LogP contribution in [0.2, 0.25) is 0 Å². The zero-order chi connectivity index (χ0) is 13.4. The molecule has 102 valence electrons. The van der Waals surface area contributed by atoms with Crippen LogP contribution in [0, 0.1) is 0 Å². The highest BCUT2D eigenvalue weighted by atomic mass is 16.5. The molecule has 1 unspecified atom stereocenters. The Morgan fingerprint density at radius 3 is 2.39 bits per heavy atom. The predicted molar refractivity (Wildman–Crippen MR) is 78.0 cm³/mol. The lowest BCUT2D eigenvalue weighted by molar-refractivity contribution is 0.189. The second kappa shape index (κ2) is 7.55. The Hall–Kier alpha value is -0.860. The average Bonchev–Trinajstić information content (AvgIpc) is 2.39. The molecule has 0 aliphatic carbocycles. The number of hydrogen-bond acceptors (Lipinski definition) is 2. The summed E-state index contributed by atoms with van der Waals surface area (Å²) in [6.45, 7) is 5.50. The number of unbranched alkanes of at least 4 members (excludes halogenated alkanes) is 1. The Morgan fingerprint density at radius 2 is 1.83 bits per heavy atom. The van der Waals surface area contributed by atoms with Crippen molar-refractivity contribution in [2.75, 3.05) is 20.8 Å². The molecule has 0 aromatic heterocycles. The van der Waals surface area contributed by atoms with Gasteiger partial charge in [0, 0.05) is 25.2 Å². The molecule has 0 fully saturated rings. The number of hydrogen-bond donors (Lipinski definition) is 1. The molecule has 0 saturated carbocycles. The number of likely N-dealkylation sites (N-methyl/N-ethyl adjacent to an activating group) is 1. The topological polar surface area (TPSA) is 21.3 Å².